The Labute approximate surface area is 208 Å². The number of sulfonamides is 1. The van der Waals surface area contributed by atoms with Crippen LogP contribution in [0.5, 0.6) is 5.75 Å². The summed E-state index contributed by atoms with van der Waals surface area (Å²) in [5.41, 5.74) is 1.14. The molecule has 4 rings (SSSR count). The highest BCUT2D eigenvalue weighted by molar-refractivity contribution is 7.96. The standard InChI is InChI=1S/C23H27FN6O5S/c1-13(2)35-20(21-25-9-14(3)10-26-21)15(4)36(31,32)29-23-28-27-22-18-8-16(24)6-7-19(18)34-12-17(11-33-5)30(22)23/h6-10,13,17,20H,4,11-12H2,1-3,5H3,(H,28,29)/t17-,20+/m0/s1. The summed E-state index contributed by atoms with van der Waals surface area (Å²) in [6.45, 7) is 9.40. The fourth-order valence-corrected chi connectivity index (χ4v) is 4.64. The molecule has 0 aliphatic carbocycles. The number of rotatable bonds is 9. The molecule has 1 N–H and O–H groups in total. The van der Waals surface area contributed by atoms with Crippen LogP contribution in [0.4, 0.5) is 10.3 Å². The van der Waals surface area contributed by atoms with E-state index in [1.807, 2.05) is 6.92 Å². The first-order chi connectivity index (χ1) is 17.1. The molecule has 0 amide bonds. The van der Waals surface area contributed by atoms with Crippen molar-refractivity contribution in [1.29, 1.82) is 0 Å². The van der Waals surface area contributed by atoms with Crippen LogP contribution < -0.4 is 9.46 Å². The van der Waals surface area contributed by atoms with Crippen molar-refractivity contribution in [3.63, 3.8) is 0 Å². The molecule has 3 aromatic rings. The number of fused-ring (bicyclic) bond motifs is 3. The number of methoxy groups -OCH3 is 1. The van der Waals surface area contributed by atoms with Crippen molar-refractivity contribution in [2.75, 3.05) is 25.0 Å². The summed E-state index contributed by atoms with van der Waals surface area (Å²) >= 11 is 0. The van der Waals surface area contributed by atoms with Crippen LogP contribution >= 0.6 is 0 Å². The molecule has 3 heterocycles. The number of hydrogen-bond donors (Lipinski definition) is 1. The van der Waals surface area contributed by atoms with E-state index in [0.29, 0.717) is 11.3 Å². The normalized spacial score (nSPS) is 16.0. The Kier molecular flexibility index (Phi) is 7.33. The highest BCUT2D eigenvalue weighted by Gasteiger charge is 2.34. The van der Waals surface area contributed by atoms with Crippen LogP contribution in [0.25, 0.3) is 11.4 Å². The average molecular weight is 519 g/mol. The van der Waals surface area contributed by atoms with Crippen molar-refractivity contribution in [2.24, 2.45) is 0 Å². The van der Waals surface area contributed by atoms with Crippen LogP contribution in [-0.2, 0) is 19.5 Å². The van der Waals surface area contributed by atoms with Gasteiger partial charge in [0.2, 0.25) is 5.95 Å². The Hall–Kier alpha value is -3.42. The molecule has 0 radical (unpaired) electrons. The fourth-order valence-electron chi connectivity index (χ4n) is 3.69. The van der Waals surface area contributed by atoms with Crippen molar-refractivity contribution >= 4 is 16.0 Å². The maximum Gasteiger partial charge on any atom is 0.262 e. The highest BCUT2D eigenvalue weighted by Crippen LogP contribution is 2.37. The zero-order valence-electron chi connectivity index (χ0n) is 20.3. The lowest BCUT2D eigenvalue weighted by atomic mass is 10.2. The van der Waals surface area contributed by atoms with E-state index in [4.69, 9.17) is 14.2 Å². The summed E-state index contributed by atoms with van der Waals surface area (Å²) in [7, 11) is -2.78. The van der Waals surface area contributed by atoms with Crippen molar-refractivity contribution in [2.45, 2.75) is 39.0 Å². The molecule has 1 aromatic carbocycles. The molecular weight excluding hydrogens is 491 g/mol. The van der Waals surface area contributed by atoms with Gasteiger partial charge in [-0.15, -0.1) is 10.2 Å². The van der Waals surface area contributed by atoms with Crippen molar-refractivity contribution in [3.05, 3.63) is 59.3 Å². The first-order valence-corrected chi connectivity index (χ1v) is 12.6. The maximum atomic E-state index is 14.0. The number of aromatic nitrogens is 5. The summed E-state index contributed by atoms with van der Waals surface area (Å²) in [6.07, 6.45) is 1.65. The zero-order chi connectivity index (χ0) is 26.0. The van der Waals surface area contributed by atoms with Crippen molar-refractivity contribution in [1.82, 2.24) is 24.7 Å². The number of hydrogen-bond acceptors (Lipinski definition) is 9. The molecule has 11 nitrogen and oxygen atoms in total. The van der Waals surface area contributed by atoms with Gasteiger partial charge >= 0.3 is 0 Å². The molecule has 1 aliphatic heterocycles. The van der Waals surface area contributed by atoms with Gasteiger partial charge in [-0.1, -0.05) is 6.58 Å². The van der Waals surface area contributed by atoms with Crippen molar-refractivity contribution < 1.29 is 27.0 Å². The Balaban J connectivity index is 1.72. The first-order valence-electron chi connectivity index (χ1n) is 11.1. The van der Waals surface area contributed by atoms with E-state index in [-0.39, 0.29) is 41.8 Å². The van der Waals surface area contributed by atoms with Gasteiger partial charge in [-0.05, 0) is 44.5 Å². The van der Waals surface area contributed by atoms with Crippen molar-refractivity contribution in [3.8, 4) is 17.1 Å². The molecule has 1 aliphatic rings. The summed E-state index contributed by atoms with van der Waals surface area (Å²) in [6, 6.07) is 3.50. The summed E-state index contributed by atoms with van der Waals surface area (Å²) in [4.78, 5) is 8.14. The minimum atomic E-state index is -4.28. The van der Waals surface area contributed by atoms with E-state index >= 15 is 0 Å². The van der Waals surface area contributed by atoms with Crippen LogP contribution in [0.1, 0.15) is 37.4 Å². The van der Waals surface area contributed by atoms with E-state index in [2.05, 4.69) is 31.5 Å². The van der Waals surface area contributed by atoms with E-state index in [0.717, 1.165) is 5.56 Å². The number of anilines is 1. The monoisotopic (exact) mass is 518 g/mol. The van der Waals surface area contributed by atoms with Gasteiger partial charge in [0.1, 0.15) is 18.2 Å². The summed E-state index contributed by atoms with van der Waals surface area (Å²) in [5, 5.41) is 8.18. The van der Waals surface area contributed by atoms with E-state index in [1.54, 1.807) is 26.2 Å². The predicted octanol–water partition coefficient (Wildman–Crippen LogP) is 3.18. The van der Waals surface area contributed by atoms with Gasteiger partial charge in [-0.3, -0.25) is 4.57 Å². The lowest BCUT2D eigenvalue weighted by Crippen LogP contribution is -2.27. The molecule has 0 saturated heterocycles. The van der Waals surface area contributed by atoms with Crippen LogP contribution in [0, 0.1) is 12.7 Å². The molecule has 192 valence electrons. The largest absolute Gasteiger partial charge is 0.491 e. The zero-order valence-corrected chi connectivity index (χ0v) is 21.1. The van der Waals surface area contributed by atoms with Gasteiger partial charge < -0.3 is 14.2 Å². The molecule has 2 atom stereocenters. The number of aryl methyl sites for hydroxylation is 1. The molecule has 2 aromatic heterocycles. The molecule has 0 bridgehead atoms. The van der Waals surface area contributed by atoms with E-state index in [9.17, 15) is 12.8 Å². The number of ether oxygens (including phenoxy) is 3. The maximum absolute atomic E-state index is 14.0. The molecule has 0 unspecified atom stereocenters. The fraction of sp³-hybridized carbons (Fsp3) is 0.391. The highest BCUT2D eigenvalue weighted by atomic mass is 32.2. The predicted molar refractivity (Wildman–Crippen MR) is 129 cm³/mol. The second-order valence-corrected chi connectivity index (χ2v) is 10.3. The van der Waals surface area contributed by atoms with Gasteiger partial charge in [0, 0.05) is 19.5 Å². The number of halogens is 1. The third-order valence-corrected chi connectivity index (χ3v) is 6.70. The SMILES string of the molecule is C=C([C@@H](OC(C)C)c1ncc(C)cn1)S(=O)(=O)Nc1nnc2n1[C@@H](COC)COc1ccc(F)cc1-2. The first kappa shape index (κ1) is 25.7. The number of nitrogens with one attached hydrogen (secondary N) is 1. The minimum Gasteiger partial charge on any atom is -0.491 e. The third kappa shape index (κ3) is 5.22. The van der Waals surface area contributed by atoms with E-state index < -0.39 is 28.0 Å². The molecule has 0 saturated carbocycles. The summed E-state index contributed by atoms with van der Waals surface area (Å²) in [5.74, 6) is 0.162. The van der Waals surface area contributed by atoms with Crippen LogP contribution in [-0.4, -0.2) is 59.6 Å². The topological polar surface area (TPSA) is 130 Å². The van der Waals surface area contributed by atoms with Gasteiger partial charge in [0.05, 0.1) is 29.2 Å². The smallest absolute Gasteiger partial charge is 0.262 e. The van der Waals surface area contributed by atoms with Crippen LogP contribution in [0.3, 0.4) is 0 Å². The molecule has 0 spiro atoms. The quantitative estimate of drug-likeness (QED) is 0.454. The molecule has 36 heavy (non-hydrogen) atoms. The average Bonchev–Trinajstić information content (AvgIpc) is 3.16. The second kappa shape index (κ2) is 10.3. The summed E-state index contributed by atoms with van der Waals surface area (Å²) < 4.78 is 61.9. The minimum absolute atomic E-state index is 0.109. The van der Waals surface area contributed by atoms with E-state index in [1.165, 1.54) is 29.9 Å². The Morgan fingerprint density at radius 2 is 2.03 bits per heavy atom. The van der Waals surface area contributed by atoms with Crippen LogP contribution in [0.2, 0.25) is 0 Å². The Bertz CT molecular complexity index is 1360. The van der Waals surface area contributed by atoms with Gasteiger partial charge in [0.15, 0.2) is 17.8 Å². The van der Waals surface area contributed by atoms with Crippen LogP contribution in [0.15, 0.2) is 42.1 Å². The molecule has 0 fully saturated rings. The lowest BCUT2D eigenvalue weighted by Gasteiger charge is -2.23. The molecule has 13 heteroatoms. The third-order valence-electron chi connectivity index (χ3n) is 5.34. The Morgan fingerprint density at radius 3 is 2.69 bits per heavy atom. The van der Waals surface area contributed by atoms with Gasteiger partial charge in [-0.2, -0.15) is 0 Å². The lowest BCUT2D eigenvalue weighted by molar-refractivity contribution is 0.0275. The number of nitrogens with zero attached hydrogens (tertiary/aromatic N) is 5. The number of benzene rings is 1. The Morgan fingerprint density at radius 1 is 1.31 bits per heavy atom. The molecular formula is C23H27FN6O5S. The second-order valence-electron chi connectivity index (χ2n) is 8.53. The van der Waals surface area contributed by atoms with Gasteiger partial charge in [0.25, 0.3) is 10.0 Å². The van der Waals surface area contributed by atoms with Gasteiger partial charge in [-0.25, -0.2) is 27.5 Å².